The van der Waals surface area contributed by atoms with Gasteiger partial charge in [-0.1, -0.05) is 31.5 Å². The molecule has 1 aromatic carbocycles. The van der Waals surface area contributed by atoms with E-state index in [-0.39, 0.29) is 0 Å². The Kier molecular flexibility index (Phi) is 5.42. The minimum atomic E-state index is -0.550. The van der Waals surface area contributed by atoms with E-state index in [9.17, 15) is 9.18 Å². The third-order valence-electron chi connectivity index (χ3n) is 3.81. The number of halogens is 2. The van der Waals surface area contributed by atoms with Crippen LogP contribution < -0.4 is 5.73 Å². The first-order chi connectivity index (χ1) is 10.8. The average molecular weight is 338 g/mol. The average Bonchev–Trinajstić information content (AvgIpc) is 2.78. The van der Waals surface area contributed by atoms with Crippen molar-refractivity contribution in [2.45, 2.75) is 39.5 Å². The van der Waals surface area contributed by atoms with Gasteiger partial charge in [-0.25, -0.2) is 4.39 Å². The van der Waals surface area contributed by atoms with Gasteiger partial charge in [0.15, 0.2) is 0 Å². The van der Waals surface area contributed by atoms with Crippen LogP contribution in [0.4, 0.5) is 4.39 Å². The summed E-state index contributed by atoms with van der Waals surface area (Å²) >= 11 is 6.09. The molecule has 0 saturated heterocycles. The molecule has 1 amide bonds. The van der Waals surface area contributed by atoms with Crippen LogP contribution in [0, 0.1) is 18.7 Å². The number of aromatic nitrogens is 2. The number of benzene rings is 1. The smallest absolute Gasteiger partial charge is 0.225 e. The highest BCUT2D eigenvalue weighted by molar-refractivity contribution is 6.31. The van der Waals surface area contributed by atoms with Gasteiger partial charge in [0.2, 0.25) is 5.91 Å². The molecule has 23 heavy (non-hydrogen) atoms. The normalized spacial score (nSPS) is 12.6. The van der Waals surface area contributed by atoms with Crippen molar-refractivity contribution >= 4 is 17.5 Å². The Morgan fingerprint density at radius 2 is 2.09 bits per heavy atom. The molecule has 0 aliphatic rings. The Bertz CT molecular complexity index is 712. The van der Waals surface area contributed by atoms with Crippen LogP contribution in [0.25, 0.3) is 0 Å². The number of amides is 1. The number of carbonyl (C=O) groups is 1. The van der Waals surface area contributed by atoms with E-state index >= 15 is 0 Å². The first-order valence-electron chi connectivity index (χ1n) is 7.56. The number of nitrogens with one attached hydrogen (secondary N) is 1. The zero-order chi connectivity index (χ0) is 17.1. The van der Waals surface area contributed by atoms with E-state index in [1.807, 2.05) is 6.92 Å². The Labute approximate surface area is 140 Å². The van der Waals surface area contributed by atoms with Gasteiger partial charge in [-0.15, -0.1) is 0 Å². The predicted molar refractivity (Wildman–Crippen MR) is 88.9 cm³/mol. The summed E-state index contributed by atoms with van der Waals surface area (Å²) in [6.07, 6.45) is 1.07. The van der Waals surface area contributed by atoms with Crippen molar-refractivity contribution in [3.8, 4) is 0 Å². The molecule has 4 nitrogen and oxygen atoms in total. The Hall–Kier alpha value is -1.88. The van der Waals surface area contributed by atoms with Gasteiger partial charge < -0.3 is 5.73 Å². The van der Waals surface area contributed by atoms with Gasteiger partial charge in [0.1, 0.15) is 5.82 Å². The zero-order valence-corrected chi connectivity index (χ0v) is 14.2. The number of hydrogen-bond acceptors (Lipinski definition) is 2. The van der Waals surface area contributed by atoms with Crippen molar-refractivity contribution in [2.75, 3.05) is 0 Å². The predicted octanol–water partition coefficient (Wildman–Crippen LogP) is 3.52. The lowest BCUT2D eigenvalue weighted by atomic mass is 9.88. The van der Waals surface area contributed by atoms with Gasteiger partial charge in [0, 0.05) is 16.3 Å². The molecule has 124 valence electrons. The number of nitrogens with two attached hydrogens (primary N) is 1. The van der Waals surface area contributed by atoms with E-state index in [2.05, 4.69) is 24.0 Å². The summed E-state index contributed by atoms with van der Waals surface area (Å²) in [6, 6.07) is 4.16. The summed E-state index contributed by atoms with van der Waals surface area (Å²) in [4.78, 5) is 12.0. The summed E-state index contributed by atoms with van der Waals surface area (Å²) in [5, 5.41) is 7.54. The molecule has 0 spiro atoms. The SMILES string of the molecule is Cc1[nH]nc(CC(C)C)c1C(Cc1ccc(F)cc1Cl)C(N)=O. The largest absolute Gasteiger partial charge is 0.369 e. The second-order valence-corrected chi connectivity index (χ2v) is 6.61. The molecule has 3 N–H and O–H groups in total. The summed E-state index contributed by atoms with van der Waals surface area (Å²) in [6.45, 7) is 6.04. The van der Waals surface area contributed by atoms with Crippen molar-refractivity contribution in [1.29, 1.82) is 0 Å². The molecular weight excluding hydrogens is 317 g/mol. The molecule has 2 aromatic rings. The summed E-state index contributed by atoms with van der Waals surface area (Å²) in [7, 11) is 0. The third-order valence-corrected chi connectivity index (χ3v) is 4.16. The number of rotatable bonds is 6. The number of nitrogens with zero attached hydrogens (tertiary/aromatic N) is 1. The van der Waals surface area contributed by atoms with Crippen LogP contribution in [-0.2, 0) is 17.6 Å². The minimum Gasteiger partial charge on any atom is -0.369 e. The van der Waals surface area contributed by atoms with Gasteiger partial charge in [-0.3, -0.25) is 9.89 Å². The van der Waals surface area contributed by atoms with E-state index < -0.39 is 17.6 Å². The highest BCUT2D eigenvalue weighted by atomic mass is 35.5. The lowest BCUT2D eigenvalue weighted by Crippen LogP contribution is -2.25. The molecule has 1 atom stereocenters. The lowest BCUT2D eigenvalue weighted by Gasteiger charge is -2.16. The summed E-state index contributed by atoms with van der Waals surface area (Å²) < 4.78 is 13.2. The van der Waals surface area contributed by atoms with Crippen molar-refractivity contribution in [1.82, 2.24) is 10.2 Å². The van der Waals surface area contributed by atoms with Crippen LogP contribution in [0.5, 0.6) is 0 Å². The van der Waals surface area contributed by atoms with Gasteiger partial charge in [0.25, 0.3) is 0 Å². The van der Waals surface area contributed by atoms with Crippen LogP contribution in [0.3, 0.4) is 0 Å². The van der Waals surface area contributed by atoms with Gasteiger partial charge in [-0.05, 0) is 43.4 Å². The number of carbonyl (C=O) groups excluding carboxylic acids is 1. The summed E-state index contributed by atoms with van der Waals surface area (Å²) in [5.74, 6) is -1.00. The number of primary amides is 1. The molecule has 6 heteroatoms. The Morgan fingerprint density at radius 3 is 2.65 bits per heavy atom. The van der Waals surface area contributed by atoms with Crippen LogP contribution in [0.15, 0.2) is 18.2 Å². The van der Waals surface area contributed by atoms with Crippen LogP contribution in [0.1, 0.15) is 42.3 Å². The molecule has 0 aliphatic carbocycles. The second kappa shape index (κ2) is 7.13. The Balaban J connectivity index is 2.39. The first kappa shape index (κ1) is 17.5. The lowest BCUT2D eigenvalue weighted by molar-refractivity contribution is -0.119. The standard InChI is InChI=1S/C17H21ClFN3O/c1-9(2)6-15-16(10(3)21-22-15)13(17(20)23)7-11-4-5-12(19)8-14(11)18/h4-5,8-9,13H,6-7H2,1-3H3,(H2,20,23)(H,21,22). The monoisotopic (exact) mass is 337 g/mol. The molecule has 0 aliphatic heterocycles. The quantitative estimate of drug-likeness (QED) is 0.846. The van der Waals surface area contributed by atoms with Crippen LogP contribution in [0.2, 0.25) is 5.02 Å². The zero-order valence-electron chi connectivity index (χ0n) is 13.5. The van der Waals surface area contributed by atoms with Crippen LogP contribution in [-0.4, -0.2) is 16.1 Å². The fourth-order valence-electron chi connectivity index (χ4n) is 2.75. The van der Waals surface area contributed by atoms with Crippen molar-refractivity contribution < 1.29 is 9.18 Å². The summed E-state index contributed by atoms with van der Waals surface area (Å²) in [5.41, 5.74) is 8.81. The molecule has 0 bridgehead atoms. The maximum Gasteiger partial charge on any atom is 0.225 e. The highest BCUT2D eigenvalue weighted by Crippen LogP contribution is 2.30. The fraction of sp³-hybridized carbons (Fsp3) is 0.412. The highest BCUT2D eigenvalue weighted by Gasteiger charge is 2.26. The van der Waals surface area contributed by atoms with Gasteiger partial charge in [-0.2, -0.15) is 5.10 Å². The maximum atomic E-state index is 13.2. The van der Waals surface area contributed by atoms with Crippen molar-refractivity contribution in [3.05, 3.63) is 51.6 Å². The molecule has 0 saturated carbocycles. The fourth-order valence-corrected chi connectivity index (χ4v) is 2.99. The van der Waals surface area contributed by atoms with E-state index in [1.54, 1.807) is 6.07 Å². The molecule has 1 unspecified atom stereocenters. The molecule has 1 aromatic heterocycles. The van der Waals surface area contributed by atoms with Crippen molar-refractivity contribution in [3.63, 3.8) is 0 Å². The maximum absolute atomic E-state index is 13.2. The van der Waals surface area contributed by atoms with E-state index in [1.165, 1.54) is 12.1 Å². The molecule has 0 fully saturated rings. The second-order valence-electron chi connectivity index (χ2n) is 6.20. The number of aryl methyl sites for hydroxylation is 1. The molecule has 0 radical (unpaired) electrons. The topological polar surface area (TPSA) is 71.8 Å². The van der Waals surface area contributed by atoms with Crippen molar-refractivity contribution in [2.24, 2.45) is 11.7 Å². The Morgan fingerprint density at radius 1 is 1.39 bits per heavy atom. The number of H-pyrrole nitrogens is 1. The van der Waals surface area contributed by atoms with Gasteiger partial charge >= 0.3 is 0 Å². The third kappa shape index (κ3) is 4.10. The number of hydrogen-bond donors (Lipinski definition) is 2. The molecule has 1 heterocycles. The van der Waals surface area contributed by atoms with Gasteiger partial charge in [0.05, 0.1) is 11.6 Å². The van der Waals surface area contributed by atoms with E-state index in [0.29, 0.717) is 22.9 Å². The first-order valence-corrected chi connectivity index (χ1v) is 7.94. The molecule has 2 rings (SSSR count). The van der Waals surface area contributed by atoms with E-state index in [0.717, 1.165) is 23.4 Å². The van der Waals surface area contributed by atoms with E-state index in [4.69, 9.17) is 17.3 Å². The van der Waals surface area contributed by atoms with Crippen LogP contribution >= 0.6 is 11.6 Å². The number of aromatic amines is 1. The molecular formula is C17H21ClFN3O. The minimum absolute atomic E-state index is 0.294.